The molecule has 6 heteroatoms. The van der Waals surface area contributed by atoms with Crippen molar-refractivity contribution in [3.05, 3.63) is 53.8 Å². The van der Waals surface area contributed by atoms with Crippen molar-refractivity contribution < 1.29 is 0 Å². The van der Waals surface area contributed by atoms with Crippen LogP contribution in [-0.2, 0) is 0 Å². The van der Waals surface area contributed by atoms with Crippen molar-refractivity contribution in [1.82, 2.24) is 4.98 Å². The molecule has 112 valence electrons. The van der Waals surface area contributed by atoms with Gasteiger partial charge in [-0.25, -0.2) is 4.98 Å². The highest BCUT2D eigenvalue weighted by Crippen LogP contribution is 2.37. The number of anilines is 1. The third-order valence-electron chi connectivity index (χ3n) is 3.41. The predicted molar refractivity (Wildman–Crippen MR) is 107 cm³/mol. The van der Waals surface area contributed by atoms with E-state index in [1.165, 1.54) is 0 Å². The van der Waals surface area contributed by atoms with E-state index in [9.17, 15) is 0 Å². The number of aryl methyl sites for hydroxylation is 1. The Bertz CT molecular complexity index is 907. The molecule has 0 amide bonds. The number of rotatable bonds is 1. The minimum absolute atomic E-state index is 0.683. The van der Waals surface area contributed by atoms with Crippen molar-refractivity contribution in [3.63, 3.8) is 0 Å². The first kappa shape index (κ1) is 16.4. The van der Waals surface area contributed by atoms with E-state index < -0.39 is 0 Å². The second-order valence-electron chi connectivity index (χ2n) is 4.96. The number of nitrogens with two attached hydrogens (primary N) is 1. The normalized spacial score (nSPS) is 11.1. The molecule has 0 atom stereocenters. The Labute approximate surface area is 162 Å². The fraction of sp³-hybridized carbons (Fsp3) is 0.0625. The van der Waals surface area contributed by atoms with Crippen LogP contribution in [0.2, 0.25) is 0 Å². The second-order valence-corrected chi connectivity index (χ2v) is 8.50. The van der Waals surface area contributed by atoms with Crippen molar-refractivity contribution in [1.29, 1.82) is 0 Å². The van der Waals surface area contributed by atoms with E-state index in [0.717, 1.165) is 45.6 Å². The van der Waals surface area contributed by atoms with Gasteiger partial charge in [0, 0.05) is 28.8 Å². The van der Waals surface area contributed by atoms with Crippen LogP contribution in [0.5, 0.6) is 0 Å². The van der Waals surface area contributed by atoms with Gasteiger partial charge in [0.25, 0.3) is 0 Å². The van der Waals surface area contributed by atoms with Crippen molar-refractivity contribution in [2.24, 2.45) is 0 Å². The van der Waals surface area contributed by atoms with E-state index in [1.54, 1.807) is 0 Å². The lowest BCUT2D eigenvalue weighted by Crippen LogP contribution is -1.96. The van der Waals surface area contributed by atoms with Crippen LogP contribution in [0.4, 0.5) is 5.69 Å². The third-order valence-corrected chi connectivity index (χ3v) is 5.59. The number of hydrogen-bond acceptors (Lipinski definition) is 2. The smallest absolute Gasteiger partial charge is 0.0854 e. The van der Waals surface area contributed by atoms with Gasteiger partial charge in [0.05, 0.1) is 16.9 Å². The summed E-state index contributed by atoms with van der Waals surface area (Å²) >= 11 is 14.1. The molecule has 0 unspecified atom stereocenters. The molecule has 1 heterocycles. The summed E-state index contributed by atoms with van der Waals surface area (Å²) in [6, 6.07) is 10.1. The molecule has 2 N–H and O–H groups in total. The van der Waals surface area contributed by atoms with Crippen LogP contribution in [0, 0.1) is 6.92 Å². The minimum atomic E-state index is 0.683. The van der Waals surface area contributed by atoms with E-state index >= 15 is 0 Å². The SMILES string of the molecule is Cc1cc(-c2cc(Br)cc(Br)c2N)nc2c(Br)cc(Br)cc12. The second kappa shape index (κ2) is 6.23. The van der Waals surface area contributed by atoms with E-state index in [0.29, 0.717) is 5.69 Å². The average molecular weight is 550 g/mol. The largest absolute Gasteiger partial charge is 0.397 e. The van der Waals surface area contributed by atoms with Gasteiger partial charge in [0.15, 0.2) is 0 Å². The molecule has 0 bridgehead atoms. The zero-order chi connectivity index (χ0) is 16.0. The molecule has 0 aliphatic rings. The first-order valence-electron chi connectivity index (χ1n) is 6.38. The predicted octanol–water partition coefficient (Wildman–Crippen LogP) is 6.84. The van der Waals surface area contributed by atoms with Crippen LogP contribution in [0.3, 0.4) is 0 Å². The average Bonchev–Trinajstić information content (AvgIpc) is 2.43. The van der Waals surface area contributed by atoms with Gasteiger partial charge in [-0.1, -0.05) is 31.9 Å². The number of fused-ring (bicyclic) bond motifs is 1. The van der Waals surface area contributed by atoms with Gasteiger partial charge < -0.3 is 5.73 Å². The zero-order valence-corrected chi connectivity index (χ0v) is 17.8. The number of pyridine rings is 1. The molecule has 0 aliphatic heterocycles. The van der Waals surface area contributed by atoms with Crippen LogP contribution in [0.15, 0.2) is 48.2 Å². The third kappa shape index (κ3) is 2.98. The number of halogens is 4. The van der Waals surface area contributed by atoms with Crippen molar-refractivity contribution in [3.8, 4) is 11.3 Å². The van der Waals surface area contributed by atoms with Crippen LogP contribution in [0.1, 0.15) is 5.56 Å². The summed E-state index contributed by atoms with van der Waals surface area (Å²) in [5, 5.41) is 1.11. The molecule has 22 heavy (non-hydrogen) atoms. The number of hydrogen-bond donors (Lipinski definition) is 1. The molecule has 0 fully saturated rings. The maximum absolute atomic E-state index is 6.21. The monoisotopic (exact) mass is 546 g/mol. The van der Waals surface area contributed by atoms with Crippen LogP contribution in [-0.4, -0.2) is 4.98 Å². The summed E-state index contributed by atoms with van der Waals surface area (Å²) in [6.45, 7) is 2.08. The van der Waals surface area contributed by atoms with Gasteiger partial charge in [-0.3, -0.25) is 0 Å². The molecule has 0 saturated carbocycles. The van der Waals surface area contributed by atoms with Gasteiger partial charge >= 0.3 is 0 Å². The van der Waals surface area contributed by atoms with E-state index in [4.69, 9.17) is 10.7 Å². The molecule has 1 aromatic heterocycles. The Balaban J connectivity index is 2.34. The standard InChI is InChI=1S/C16H10Br4N2/c1-7-2-14(11-4-9(18)5-12(19)15(11)21)22-16-10(7)3-8(17)6-13(16)20/h2-6H,21H2,1H3. The minimum Gasteiger partial charge on any atom is -0.397 e. The molecule has 3 rings (SSSR count). The lowest BCUT2D eigenvalue weighted by atomic mass is 10.0. The molecule has 0 saturated heterocycles. The number of nitrogen functional groups attached to an aromatic ring is 1. The van der Waals surface area contributed by atoms with Crippen molar-refractivity contribution >= 4 is 80.3 Å². The summed E-state index contributed by atoms with van der Waals surface area (Å²) in [6.07, 6.45) is 0. The van der Waals surface area contributed by atoms with Crippen molar-refractivity contribution in [2.75, 3.05) is 5.73 Å². The van der Waals surface area contributed by atoms with Gasteiger partial charge in [0.2, 0.25) is 0 Å². The summed E-state index contributed by atoms with van der Waals surface area (Å²) in [4.78, 5) is 4.80. The van der Waals surface area contributed by atoms with Crippen LogP contribution < -0.4 is 5.73 Å². The molecule has 0 radical (unpaired) electrons. The maximum Gasteiger partial charge on any atom is 0.0854 e. The van der Waals surface area contributed by atoms with Crippen molar-refractivity contribution in [2.45, 2.75) is 6.92 Å². The maximum atomic E-state index is 6.21. The highest BCUT2D eigenvalue weighted by atomic mass is 79.9. The highest BCUT2D eigenvalue weighted by Gasteiger charge is 2.13. The van der Waals surface area contributed by atoms with Crippen LogP contribution >= 0.6 is 63.7 Å². The summed E-state index contributed by atoms with van der Waals surface area (Å²) < 4.78 is 3.79. The molecule has 0 aliphatic carbocycles. The lowest BCUT2D eigenvalue weighted by molar-refractivity contribution is 1.35. The zero-order valence-electron chi connectivity index (χ0n) is 11.4. The van der Waals surface area contributed by atoms with Crippen LogP contribution in [0.25, 0.3) is 22.2 Å². The first-order chi connectivity index (χ1) is 10.4. The molecule has 3 aromatic rings. The molecular formula is C16H10Br4N2. The number of nitrogens with zero attached hydrogens (tertiary/aromatic N) is 1. The van der Waals surface area contributed by atoms with Gasteiger partial charge in [-0.2, -0.15) is 0 Å². The summed E-state index contributed by atoms with van der Waals surface area (Å²) in [5.41, 5.74) is 10.7. The van der Waals surface area contributed by atoms with Gasteiger partial charge in [-0.15, -0.1) is 0 Å². The number of aromatic nitrogens is 1. The highest BCUT2D eigenvalue weighted by molar-refractivity contribution is 9.11. The van der Waals surface area contributed by atoms with E-state index in [-0.39, 0.29) is 0 Å². The van der Waals surface area contributed by atoms with E-state index in [1.807, 2.05) is 18.2 Å². The summed E-state index contributed by atoms with van der Waals surface area (Å²) in [7, 11) is 0. The van der Waals surface area contributed by atoms with E-state index in [2.05, 4.69) is 82.8 Å². The van der Waals surface area contributed by atoms with Gasteiger partial charge in [0.1, 0.15) is 0 Å². The Morgan fingerprint density at radius 1 is 0.864 bits per heavy atom. The quantitative estimate of drug-likeness (QED) is 0.338. The fourth-order valence-corrected chi connectivity index (χ4v) is 4.89. The Hall–Kier alpha value is -0.430. The topological polar surface area (TPSA) is 38.9 Å². The molecule has 0 spiro atoms. The number of benzene rings is 2. The summed E-state index contributed by atoms with van der Waals surface area (Å²) in [5.74, 6) is 0. The molecule has 2 aromatic carbocycles. The Morgan fingerprint density at radius 2 is 1.50 bits per heavy atom. The molecule has 2 nitrogen and oxygen atoms in total. The Kier molecular flexibility index (Phi) is 4.65. The molecular weight excluding hydrogens is 540 g/mol. The van der Waals surface area contributed by atoms with Gasteiger partial charge in [-0.05, 0) is 74.7 Å². The fourth-order valence-electron chi connectivity index (χ4n) is 2.35. The Morgan fingerprint density at radius 3 is 2.23 bits per heavy atom. The lowest BCUT2D eigenvalue weighted by Gasteiger charge is -2.12. The first-order valence-corrected chi connectivity index (χ1v) is 9.55.